The molecule has 7 heteroatoms. The van der Waals surface area contributed by atoms with Gasteiger partial charge >= 0.3 is 0 Å². The third-order valence-electron chi connectivity index (χ3n) is 4.98. The smallest absolute Gasteiger partial charge is 0.151 e. The third kappa shape index (κ3) is 3.67. The Kier molecular flexibility index (Phi) is 4.94. The number of aryl methyl sites for hydroxylation is 2. The van der Waals surface area contributed by atoms with E-state index in [9.17, 15) is 0 Å². The van der Waals surface area contributed by atoms with Gasteiger partial charge in [0, 0.05) is 38.7 Å². The Bertz CT molecular complexity index is 661. The molecule has 7 nitrogen and oxygen atoms in total. The zero-order valence-corrected chi connectivity index (χ0v) is 14.6. The number of ether oxygens (including phenoxy) is 2. The summed E-state index contributed by atoms with van der Waals surface area (Å²) in [5, 5.41) is 12.8. The van der Waals surface area contributed by atoms with Gasteiger partial charge < -0.3 is 14.4 Å². The van der Waals surface area contributed by atoms with Crippen LogP contribution in [0.1, 0.15) is 25.0 Å². The second-order valence-corrected chi connectivity index (χ2v) is 6.76. The Balaban J connectivity index is 1.37. The minimum absolute atomic E-state index is 0.0889. The molecule has 4 rings (SSSR count). The van der Waals surface area contributed by atoms with Crippen LogP contribution in [0.3, 0.4) is 0 Å². The van der Waals surface area contributed by atoms with Gasteiger partial charge in [0.15, 0.2) is 5.82 Å². The monoisotopic (exact) mass is 343 g/mol. The van der Waals surface area contributed by atoms with Crippen molar-refractivity contribution in [2.75, 3.05) is 24.7 Å². The molecule has 0 saturated carbocycles. The van der Waals surface area contributed by atoms with Crippen LogP contribution < -0.4 is 4.90 Å². The van der Waals surface area contributed by atoms with E-state index in [-0.39, 0.29) is 12.2 Å². The van der Waals surface area contributed by atoms with Gasteiger partial charge in [-0.2, -0.15) is 10.2 Å². The highest BCUT2D eigenvalue weighted by atomic mass is 16.5. The summed E-state index contributed by atoms with van der Waals surface area (Å²) in [7, 11) is 0. The molecule has 0 N–H and O–H groups in total. The van der Waals surface area contributed by atoms with E-state index in [4.69, 9.17) is 9.47 Å². The molecule has 0 amide bonds. The van der Waals surface area contributed by atoms with Crippen molar-refractivity contribution in [2.24, 2.45) is 0 Å². The van der Waals surface area contributed by atoms with Crippen molar-refractivity contribution in [1.29, 1.82) is 0 Å². The third-order valence-corrected chi connectivity index (χ3v) is 4.98. The fourth-order valence-electron chi connectivity index (χ4n) is 3.76. The van der Waals surface area contributed by atoms with Gasteiger partial charge in [-0.05, 0) is 44.4 Å². The maximum absolute atomic E-state index is 6.19. The molecule has 134 valence electrons. The van der Waals surface area contributed by atoms with E-state index in [0.29, 0.717) is 12.6 Å². The average Bonchev–Trinajstić information content (AvgIpc) is 3.28. The van der Waals surface area contributed by atoms with Crippen LogP contribution >= 0.6 is 0 Å². The van der Waals surface area contributed by atoms with Crippen LogP contribution in [-0.2, 0) is 16.0 Å². The average molecular weight is 343 g/mol. The van der Waals surface area contributed by atoms with E-state index in [2.05, 4.69) is 20.2 Å². The first kappa shape index (κ1) is 16.5. The standard InChI is InChI=1S/C18H25N5O2/c1-14-6-7-17(21-20-14)23-13-16(18-15(23)5-2-11-25-18)24-12-4-10-22-9-3-8-19-22/h3,6-9,15-16,18H,2,4-5,10-13H2,1H3/t15-,16+,18+/m0/s1. The highest BCUT2D eigenvalue weighted by Gasteiger charge is 2.45. The number of hydrogen-bond acceptors (Lipinski definition) is 6. The summed E-state index contributed by atoms with van der Waals surface area (Å²) in [5.74, 6) is 0.925. The Morgan fingerprint density at radius 1 is 1.32 bits per heavy atom. The van der Waals surface area contributed by atoms with Gasteiger partial charge in [0.25, 0.3) is 0 Å². The lowest BCUT2D eigenvalue weighted by Gasteiger charge is -2.32. The molecule has 0 aromatic carbocycles. The summed E-state index contributed by atoms with van der Waals surface area (Å²) in [6.45, 7) is 5.18. The maximum Gasteiger partial charge on any atom is 0.151 e. The number of rotatable bonds is 6. The van der Waals surface area contributed by atoms with Gasteiger partial charge in [-0.3, -0.25) is 4.68 Å². The van der Waals surface area contributed by atoms with Crippen LogP contribution in [0.15, 0.2) is 30.6 Å². The molecule has 2 aliphatic rings. The summed E-state index contributed by atoms with van der Waals surface area (Å²) >= 11 is 0. The first-order valence-electron chi connectivity index (χ1n) is 9.09. The molecule has 0 unspecified atom stereocenters. The lowest BCUT2D eigenvalue weighted by Crippen LogP contribution is -2.42. The molecule has 0 spiro atoms. The van der Waals surface area contributed by atoms with Crippen LogP contribution in [0.25, 0.3) is 0 Å². The van der Waals surface area contributed by atoms with Crippen LogP contribution in [0.4, 0.5) is 5.82 Å². The first-order valence-corrected chi connectivity index (χ1v) is 9.09. The molecule has 0 aliphatic carbocycles. The molecular formula is C18H25N5O2. The van der Waals surface area contributed by atoms with Crippen molar-refractivity contribution in [3.63, 3.8) is 0 Å². The number of anilines is 1. The van der Waals surface area contributed by atoms with Gasteiger partial charge in [0.05, 0.1) is 11.7 Å². The zero-order valence-electron chi connectivity index (χ0n) is 14.6. The van der Waals surface area contributed by atoms with E-state index < -0.39 is 0 Å². The first-order chi connectivity index (χ1) is 12.3. The van der Waals surface area contributed by atoms with Crippen LogP contribution in [0.5, 0.6) is 0 Å². The van der Waals surface area contributed by atoms with Gasteiger partial charge in [-0.1, -0.05) is 0 Å². The van der Waals surface area contributed by atoms with Gasteiger partial charge in [-0.15, -0.1) is 5.10 Å². The van der Waals surface area contributed by atoms with E-state index in [1.165, 1.54) is 0 Å². The molecule has 2 fully saturated rings. The summed E-state index contributed by atoms with van der Waals surface area (Å²) in [4.78, 5) is 2.31. The molecular weight excluding hydrogens is 318 g/mol. The number of nitrogens with zero attached hydrogens (tertiary/aromatic N) is 5. The summed E-state index contributed by atoms with van der Waals surface area (Å²) in [5.41, 5.74) is 0.936. The Morgan fingerprint density at radius 3 is 3.08 bits per heavy atom. The summed E-state index contributed by atoms with van der Waals surface area (Å²) in [6, 6.07) is 6.34. The summed E-state index contributed by atoms with van der Waals surface area (Å²) in [6.07, 6.45) is 7.15. The fraction of sp³-hybridized carbons (Fsp3) is 0.611. The number of fused-ring (bicyclic) bond motifs is 1. The summed E-state index contributed by atoms with van der Waals surface area (Å²) < 4.78 is 14.2. The molecule has 2 saturated heterocycles. The van der Waals surface area contributed by atoms with Crippen LogP contribution in [-0.4, -0.2) is 58.0 Å². The highest BCUT2D eigenvalue weighted by Crippen LogP contribution is 2.33. The normalized spacial score (nSPS) is 26.0. The lowest BCUT2D eigenvalue weighted by atomic mass is 10.0. The van der Waals surface area contributed by atoms with E-state index in [1.807, 2.05) is 36.0 Å². The van der Waals surface area contributed by atoms with Gasteiger partial charge in [0.2, 0.25) is 0 Å². The predicted molar refractivity (Wildman–Crippen MR) is 93.5 cm³/mol. The predicted octanol–water partition coefficient (Wildman–Crippen LogP) is 1.82. The molecule has 0 bridgehead atoms. The Hall–Kier alpha value is -1.99. The van der Waals surface area contributed by atoms with Gasteiger partial charge in [-0.25, -0.2) is 0 Å². The van der Waals surface area contributed by atoms with E-state index in [0.717, 1.165) is 50.5 Å². The van der Waals surface area contributed by atoms with Crippen molar-refractivity contribution in [1.82, 2.24) is 20.0 Å². The second kappa shape index (κ2) is 7.49. The van der Waals surface area contributed by atoms with Crippen LogP contribution in [0.2, 0.25) is 0 Å². The minimum Gasteiger partial charge on any atom is -0.374 e. The van der Waals surface area contributed by atoms with E-state index >= 15 is 0 Å². The Labute approximate surface area is 147 Å². The van der Waals surface area contributed by atoms with Crippen molar-refractivity contribution >= 4 is 5.82 Å². The van der Waals surface area contributed by atoms with Crippen LogP contribution in [0, 0.1) is 6.92 Å². The molecule has 2 aliphatic heterocycles. The second-order valence-electron chi connectivity index (χ2n) is 6.76. The minimum atomic E-state index is 0.0889. The maximum atomic E-state index is 6.19. The van der Waals surface area contributed by atoms with E-state index in [1.54, 1.807) is 6.20 Å². The van der Waals surface area contributed by atoms with Crippen molar-refractivity contribution in [2.45, 2.75) is 51.0 Å². The molecule has 2 aromatic rings. The molecule has 2 aromatic heterocycles. The molecule has 0 radical (unpaired) electrons. The topological polar surface area (TPSA) is 65.3 Å². The quantitative estimate of drug-likeness (QED) is 0.746. The molecule has 4 heterocycles. The van der Waals surface area contributed by atoms with Crippen molar-refractivity contribution in [3.8, 4) is 0 Å². The lowest BCUT2D eigenvalue weighted by molar-refractivity contribution is -0.0740. The number of hydrogen-bond donors (Lipinski definition) is 0. The molecule has 25 heavy (non-hydrogen) atoms. The van der Waals surface area contributed by atoms with Gasteiger partial charge in [0.1, 0.15) is 12.2 Å². The largest absolute Gasteiger partial charge is 0.374 e. The Morgan fingerprint density at radius 2 is 2.28 bits per heavy atom. The van der Waals surface area contributed by atoms with Crippen molar-refractivity contribution in [3.05, 3.63) is 36.3 Å². The molecule has 3 atom stereocenters. The number of aromatic nitrogens is 4. The van der Waals surface area contributed by atoms with Crippen molar-refractivity contribution < 1.29 is 9.47 Å². The zero-order chi connectivity index (χ0) is 17.1. The fourth-order valence-corrected chi connectivity index (χ4v) is 3.76. The highest BCUT2D eigenvalue weighted by molar-refractivity contribution is 5.42. The SMILES string of the molecule is Cc1ccc(N2C[C@@H](OCCCn3cccn3)[C@@H]3OCCC[C@@H]32)nn1.